The Morgan fingerprint density at radius 3 is 2.62 bits per heavy atom. The molecule has 11 heteroatoms. The van der Waals surface area contributed by atoms with E-state index in [1.807, 2.05) is 18.7 Å². The van der Waals surface area contributed by atoms with Crippen molar-refractivity contribution >= 4 is 38.8 Å². The molecule has 1 aliphatic rings. The van der Waals surface area contributed by atoms with E-state index in [1.165, 1.54) is 23.6 Å². The number of pyridine rings is 1. The van der Waals surface area contributed by atoms with Crippen LogP contribution >= 0.6 is 11.3 Å². The molecule has 0 spiro atoms. The fourth-order valence-corrected chi connectivity index (χ4v) is 4.19. The number of carbonyl (C=O) groups excluding carboxylic acids is 1. The maximum atomic E-state index is 12.6. The SMILES string of the molecule is Cc1nnc2sc(C(=O)NC3CN(c4ccc(C(F)(F)F)nc4)C3)c(N)c2c1C. The number of nitrogen functional groups attached to an aromatic ring is 1. The van der Waals surface area contributed by atoms with Crippen LogP contribution in [-0.4, -0.2) is 40.2 Å². The number of thiophene rings is 1. The minimum atomic E-state index is -4.46. The topological polar surface area (TPSA) is 97.0 Å². The molecule has 3 N–H and O–H groups in total. The van der Waals surface area contributed by atoms with Crippen LogP contribution in [0.2, 0.25) is 0 Å². The first-order valence-corrected chi connectivity index (χ1v) is 9.57. The largest absolute Gasteiger partial charge is 0.433 e. The lowest BCUT2D eigenvalue weighted by molar-refractivity contribution is -0.141. The molecule has 0 aromatic carbocycles. The van der Waals surface area contributed by atoms with E-state index in [0.717, 1.165) is 22.7 Å². The number of hydrogen-bond acceptors (Lipinski definition) is 7. The summed E-state index contributed by atoms with van der Waals surface area (Å²) >= 11 is 1.19. The van der Waals surface area contributed by atoms with Crippen molar-refractivity contribution in [1.29, 1.82) is 0 Å². The predicted octanol–water partition coefficient (Wildman–Crippen LogP) is 2.92. The summed E-state index contributed by atoms with van der Waals surface area (Å²) in [6.45, 7) is 4.67. The van der Waals surface area contributed by atoms with Gasteiger partial charge in [0.25, 0.3) is 5.91 Å². The van der Waals surface area contributed by atoms with Crippen molar-refractivity contribution in [2.75, 3.05) is 23.7 Å². The molecular weight excluding hydrogens is 405 g/mol. The monoisotopic (exact) mass is 422 g/mol. The highest BCUT2D eigenvalue weighted by Crippen LogP contribution is 2.35. The number of nitrogens with zero attached hydrogens (tertiary/aromatic N) is 4. The quantitative estimate of drug-likeness (QED) is 0.674. The van der Waals surface area contributed by atoms with Crippen molar-refractivity contribution in [2.45, 2.75) is 26.1 Å². The second-order valence-corrected chi connectivity index (χ2v) is 7.91. The summed E-state index contributed by atoms with van der Waals surface area (Å²) in [6, 6.07) is 2.19. The van der Waals surface area contributed by atoms with Gasteiger partial charge in [0.15, 0.2) is 0 Å². The van der Waals surface area contributed by atoms with Gasteiger partial charge in [0, 0.05) is 18.5 Å². The van der Waals surface area contributed by atoms with E-state index in [-0.39, 0.29) is 11.9 Å². The van der Waals surface area contributed by atoms with Crippen molar-refractivity contribution in [2.24, 2.45) is 0 Å². The zero-order valence-corrected chi connectivity index (χ0v) is 16.4. The van der Waals surface area contributed by atoms with Crippen LogP contribution in [0.4, 0.5) is 24.5 Å². The third kappa shape index (κ3) is 3.46. The molecule has 0 unspecified atom stereocenters. The minimum absolute atomic E-state index is 0.136. The number of nitrogens with two attached hydrogens (primary N) is 1. The Hall–Kier alpha value is -2.95. The van der Waals surface area contributed by atoms with Crippen LogP contribution in [0, 0.1) is 13.8 Å². The molecule has 4 rings (SSSR count). The highest BCUT2D eigenvalue weighted by atomic mass is 32.1. The van der Waals surface area contributed by atoms with Crippen molar-refractivity contribution < 1.29 is 18.0 Å². The maximum absolute atomic E-state index is 12.6. The third-order valence-corrected chi connectivity index (χ3v) is 6.05. The van der Waals surface area contributed by atoms with Crippen LogP contribution in [-0.2, 0) is 6.18 Å². The molecule has 29 heavy (non-hydrogen) atoms. The molecular formula is C18H17F3N6OS. The molecule has 1 saturated heterocycles. The van der Waals surface area contributed by atoms with Crippen LogP contribution < -0.4 is 16.0 Å². The molecule has 1 amide bonds. The average Bonchev–Trinajstić information content (AvgIpc) is 2.97. The van der Waals surface area contributed by atoms with E-state index in [0.29, 0.717) is 34.2 Å². The Balaban J connectivity index is 1.42. The number of fused-ring (bicyclic) bond motifs is 1. The minimum Gasteiger partial charge on any atom is -0.397 e. The van der Waals surface area contributed by atoms with Crippen molar-refractivity contribution in [3.05, 3.63) is 40.2 Å². The van der Waals surface area contributed by atoms with Gasteiger partial charge in [0.05, 0.1) is 29.3 Å². The zero-order valence-electron chi connectivity index (χ0n) is 15.5. The van der Waals surface area contributed by atoms with Crippen molar-refractivity contribution in [3.8, 4) is 0 Å². The average molecular weight is 422 g/mol. The van der Waals surface area contributed by atoms with E-state index < -0.39 is 11.9 Å². The Morgan fingerprint density at radius 1 is 1.28 bits per heavy atom. The summed E-state index contributed by atoms with van der Waals surface area (Å²) in [5.41, 5.74) is 7.87. The van der Waals surface area contributed by atoms with E-state index in [4.69, 9.17) is 5.73 Å². The summed E-state index contributed by atoms with van der Waals surface area (Å²) in [5, 5.41) is 11.8. The number of carbonyl (C=O) groups is 1. The van der Waals surface area contributed by atoms with Crippen LogP contribution in [0.3, 0.4) is 0 Å². The molecule has 152 valence electrons. The molecule has 1 fully saturated rings. The molecule has 1 aliphatic heterocycles. The predicted molar refractivity (Wildman–Crippen MR) is 104 cm³/mol. The van der Waals surface area contributed by atoms with Crippen molar-refractivity contribution in [3.63, 3.8) is 0 Å². The molecule has 0 radical (unpaired) electrons. The number of hydrogen-bond donors (Lipinski definition) is 2. The summed E-state index contributed by atoms with van der Waals surface area (Å²) < 4.78 is 37.8. The molecule has 3 aromatic heterocycles. The molecule has 0 saturated carbocycles. The number of alkyl halides is 3. The van der Waals surface area contributed by atoms with Crippen LogP contribution in [0.25, 0.3) is 10.2 Å². The summed E-state index contributed by atoms with van der Waals surface area (Å²) in [4.78, 5) is 18.9. The highest BCUT2D eigenvalue weighted by molar-refractivity contribution is 7.21. The molecule has 0 bridgehead atoms. The number of rotatable bonds is 3. The molecule has 3 aromatic rings. The Bertz CT molecular complexity index is 1090. The number of nitrogens with one attached hydrogen (secondary N) is 1. The fraction of sp³-hybridized carbons (Fsp3) is 0.333. The number of aromatic nitrogens is 3. The van der Waals surface area contributed by atoms with Gasteiger partial charge in [-0.05, 0) is 31.5 Å². The van der Waals surface area contributed by atoms with Gasteiger partial charge >= 0.3 is 6.18 Å². The van der Waals surface area contributed by atoms with E-state index in [2.05, 4.69) is 20.5 Å². The highest BCUT2D eigenvalue weighted by Gasteiger charge is 2.34. The molecule has 0 aliphatic carbocycles. The number of anilines is 2. The van der Waals surface area contributed by atoms with Gasteiger partial charge < -0.3 is 16.0 Å². The fourth-order valence-electron chi connectivity index (χ4n) is 3.18. The Kier molecular flexibility index (Phi) is 4.56. The Labute approximate surface area is 167 Å². The van der Waals surface area contributed by atoms with Gasteiger partial charge in [0.1, 0.15) is 15.4 Å². The van der Waals surface area contributed by atoms with E-state index in [9.17, 15) is 18.0 Å². The van der Waals surface area contributed by atoms with Gasteiger partial charge in [-0.15, -0.1) is 16.4 Å². The maximum Gasteiger partial charge on any atom is 0.433 e. The van der Waals surface area contributed by atoms with Crippen LogP contribution in [0.5, 0.6) is 0 Å². The number of halogens is 3. The lowest BCUT2D eigenvalue weighted by Gasteiger charge is -2.41. The van der Waals surface area contributed by atoms with Gasteiger partial charge in [-0.2, -0.15) is 18.3 Å². The normalized spacial score (nSPS) is 14.9. The van der Waals surface area contributed by atoms with Gasteiger partial charge in [-0.1, -0.05) is 0 Å². The summed E-state index contributed by atoms with van der Waals surface area (Å²) in [6.07, 6.45) is -3.27. The zero-order chi connectivity index (χ0) is 20.9. The van der Waals surface area contributed by atoms with E-state index >= 15 is 0 Å². The van der Waals surface area contributed by atoms with Crippen LogP contribution in [0.1, 0.15) is 26.6 Å². The third-order valence-electron chi connectivity index (χ3n) is 4.96. The van der Waals surface area contributed by atoms with Crippen molar-refractivity contribution in [1.82, 2.24) is 20.5 Å². The molecule has 0 atom stereocenters. The lowest BCUT2D eigenvalue weighted by atomic mass is 10.1. The second-order valence-electron chi connectivity index (χ2n) is 6.91. The first-order valence-electron chi connectivity index (χ1n) is 8.76. The van der Waals surface area contributed by atoms with Crippen LogP contribution in [0.15, 0.2) is 18.3 Å². The first-order chi connectivity index (χ1) is 13.6. The molecule has 7 nitrogen and oxygen atoms in total. The summed E-state index contributed by atoms with van der Waals surface area (Å²) in [5.74, 6) is -0.294. The van der Waals surface area contributed by atoms with E-state index in [1.54, 1.807) is 0 Å². The number of aryl methyl sites for hydroxylation is 2. The smallest absolute Gasteiger partial charge is 0.397 e. The summed E-state index contributed by atoms with van der Waals surface area (Å²) in [7, 11) is 0. The molecule has 4 heterocycles. The standard InChI is InChI=1S/C18H17F3N6OS/c1-8-9(2)25-26-17-13(8)14(22)15(29-17)16(28)24-10-6-27(7-10)11-3-4-12(23-5-11)18(19,20)21/h3-5,10H,6-7,22H2,1-2H3,(H,24,28). The van der Waals surface area contributed by atoms with Gasteiger partial charge in [0.2, 0.25) is 0 Å². The van der Waals surface area contributed by atoms with Gasteiger partial charge in [-0.3, -0.25) is 4.79 Å². The lowest BCUT2D eigenvalue weighted by Crippen LogP contribution is -2.59. The second kappa shape index (κ2) is 6.83. The Morgan fingerprint density at radius 2 is 2.00 bits per heavy atom. The first kappa shape index (κ1) is 19.4. The van der Waals surface area contributed by atoms with Gasteiger partial charge in [-0.25, -0.2) is 4.98 Å². The number of amides is 1.